The molecule has 1 aromatic rings. The lowest BCUT2D eigenvalue weighted by molar-refractivity contribution is -0.538. The van der Waals surface area contributed by atoms with Crippen molar-refractivity contribution in [2.24, 2.45) is 11.5 Å². The zero-order chi connectivity index (χ0) is 14.9. The molecule has 0 bridgehead atoms. The van der Waals surface area contributed by atoms with E-state index in [1.54, 1.807) is 10.6 Å². The number of nitrogens with two attached hydrogens (primary N) is 2. The zero-order valence-electron chi connectivity index (χ0n) is 11.8. The topological polar surface area (TPSA) is 92.4 Å². The average Bonchev–Trinajstić information content (AvgIpc) is 2.41. The number of piperazine rings is 1. The van der Waals surface area contributed by atoms with Gasteiger partial charge in [-0.15, -0.1) is 0 Å². The van der Waals surface area contributed by atoms with Crippen LogP contribution in [0.5, 0.6) is 0 Å². The smallest absolute Gasteiger partial charge is 0.291 e. The second-order valence-corrected chi connectivity index (χ2v) is 6.99. The number of nitrogens with zero attached hydrogens (tertiary/aromatic N) is 2. The summed E-state index contributed by atoms with van der Waals surface area (Å²) in [5, 5.41) is 0. The number of benzene rings is 1. The predicted octanol–water partition coefficient (Wildman–Crippen LogP) is -0.406. The van der Waals surface area contributed by atoms with E-state index < -0.39 is 10.0 Å². The molecule has 1 saturated heterocycles. The molecule has 0 aliphatic carbocycles. The van der Waals surface area contributed by atoms with Crippen LogP contribution in [0.4, 0.5) is 0 Å². The fourth-order valence-electron chi connectivity index (χ4n) is 2.31. The SMILES string of the molecule is Cc1ccc(C)c(S(=O)(=O)N2CC[N+](=C(N)N)CC2)c1. The van der Waals surface area contributed by atoms with Gasteiger partial charge in [-0.1, -0.05) is 12.1 Å². The van der Waals surface area contributed by atoms with Crippen molar-refractivity contribution in [3.8, 4) is 0 Å². The molecule has 0 amide bonds. The Morgan fingerprint density at radius 2 is 1.80 bits per heavy atom. The highest BCUT2D eigenvalue weighted by atomic mass is 32.2. The van der Waals surface area contributed by atoms with E-state index in [0.717, 1.165) is 11.1 Å². The monoisotopic (exact) mass is 297 g/mol. The summed E-state index contributed by atoms with van der Waals surface area (Å²) in [5.41, 5.74) is 12.8. The quantitative estimate of drug-likeness (QED) is 0.573. The highest BCUT2D eigenvalue weighted by molar-refractivity contribution is 7.89. The molecule has 0 radical (unpaired) electrons. The predicted molar refractivity (Wildman–Crippen MR) is 78.1 cm³/mol. The van der Waals surface area contributed by atoms with Gasteiger partial charge in [-0.2, -0.15) is 4.31 Å². The number of guanidine groups is 1. The summed E-state index contributed by atoms with van der Waals surface area (Å²) in [6.45, 7) is 5.54. The third-order valence-corrected chi connectivity index (χ3v) is 5.61. The zero-order valence-corrected chi connectivity index (χ0v) is 12.7. The average molecular weight is 297 g/mol. The lowest BCUT2D eigenvalue weighted by Crippen LogP contribution is -2.49. The van der Waals surface area contributed by atoms with E-state index >= 15 is 0 Å². The van der Waals surface area contributed by atoms with Gasteiger partial charge in [0.2, 0.25) is 10.0 Å². The van der Waals surface area contributed by atoms with Crippen molar-refractivity contribution < 1.29 is 13.0 Å². The second kappa shape index (κ2) is 5.41. The van der Waals surface area contributed by atoms with Crippen LogP contribution in [0.25, 0.3) is 0 Å². The van der Waals surface area contributed by atoms with Crippen molar-refractivity contribution in [1.82, 2.24) is 4.31 Å². The largest absolute Gasteiger partial charge is 0.341 e. The molecule has 6 nitrogen and oxygen atoms in total. The molecule has 1 aromatic carbocycles. The van der Waals surface area contributed by atoms with Gasteiger partial charge in [0, 0.05) is 13.1 Å². The van der Waals surface area contributed by atoms with E-state index in [4.69, 9.17) is 11.5 Å². The van der Waals surface area contributed by atoms with Gasteiger partial charge < -0.3 is 0 Å². The molecule has 0 spiro atoms. The maximum Gasteiger partial charge on any atom is 0.341 e. The number of aryl methyl sites for hydroxylation is 2. The first-order chi connectivity index (χ1) is 9.32. The van der Waals surface area contributed by atoms with Crippen molar-refractivity contribution >= 4 is 16.0 Å². The van der Waals surface area contributed by atoms with Crippen LogP contribution in [0.2, 0.25) is 0 Å². The van der Waals surface area contributed by atoms with Gasteiger partial charge >= 0.3 is 5.96 Å². The Morgan fingerprint density at radius 3 is 2.35 bits per heavy atom. The van der Waals surface area contributed by atoms with Gasteiger partial charge in [-0.3, -0.25) is 16.0 Å². The van der Waals surface area contributed by atoms with Gasteiger partial charge in [0.25, 0.3) is 0 Å². The molecule has 4 N–H and O–H groups in total. The van der Waals surface area contributed by atoms with E-state index in [1.807, 2.05) is 26.0 Å². The normalized spacial score (nSPS) is 17.2. The first-order valence-corrected chi connectivity index (χ1v) is 7.96. The van der Waals surface area contributed by atoms with E-state index in [1.165, 1.54) is 4.31 Å². The Balaban J connectivity index is 2.29. The van der Waals surface area contributed by atoms with E-state index in [0.29, 0.717) is 31.1 Å². The summed E-state index contributed by atoms with van der Waals surface area (Å²) in [5.74, 6) is 0.244. The van der Waals surface area contributed by atoms with E-state index in [-0.39, 0.29) is 5.96 Å². The van der Waals surface area contributed by atoms with Crippen LogP contribution in [-0.2, 0) is 10.0 Å². The van der Waals surface area contributed by atoms with Gasteiger partial charge in [0.15, 0.2) is 0 Å². The number of rotatable bonds is 2. The molecular formula is C13H21N4O2S+. The van der Waals surface area contributed by atoms with Gasteiger partial charge in [-0.25, -0.2) is 8.42 Å². The molecule has 1 heterocycles. The lowest BCUT2D eigenvalue weighted by Gasteiger charge is -2.28. The Hall–Kier alpha value is -1.60. The Morgan fingerprint density at radius 1 is 1.20 bits per heavy atom. The molecule has 7 heteroatoms. The summed E-state index contributed by atoms with van der Waals surface area (Å²) in [6, 6.07) is 5.47. The first-order valence-electron chi connectivity index (χ1n) is 6.52. The minimum atomic E-state index is -3.45. The molecule has 110 valence electrons. The van der Waals surface area contributed by atoms with Gasteiger partial charge in [-0.05, 0) is 31.0 Å². The Bertz CT molecular complexity index is 638. The van der Waals surface area contributed by atoms with Crippen molar-refractivity contribution in [2.45, 2.75) is 18.7 Å². The van der Waals surface area contributed by atoms with Crippen LogP contribution < -0.4 is 11.5 Å². The summed E-state index contributed by atoms with van der Waals surface area (Å²) >= 11 is 0. The Labute approximate surface area is 119 Å². The third kappa shape index (κ3) is 2.78. The molecule has 0 aromatic heterocycles. The maximum absolute atomic E-state index is 12.7. The first kappa shape index (κ1) is 14.8. The fraction of sp³-hybridized carbons (Fsp3) is 0.462. The highest BCUT2D eigenvalue weighted by Gasteiger charge is 2.29. The molecule has 1 aliphatic rings. The van der Waals surface area contributed by atoms with Crippen molar-refractivity contribution in [3.63, 3.8) is 0 Å². The lowest BCUT2D eigenvalue weighted by atomic mass is 10.2. The maximum atomic E-state index is 12.7. The van der Waals surface area contributed by atoms with Crippen LogP contribution >= 0.6 is 0 Å². The molecule has 1 aliphatic heterocycles. The van der Waals surface area contributed by atoms with Crippen molar-refractivity contribution in [3.05, 3.63) is 29.3 Å². The standard InChI is InChI=1S/C13H20N4O2S/c1-10-3-4-11(2)12(9-10)20(18,19)17-7-5-16(6-8-17)13(14)15/h3-4,9H,5-8H2,1-2H3,(H3,14,15)/p+1. The highest BCUT2D eigenvalue weighted by Crippen LogP contribution is 2.21. The van der Waals surface area contributed by atoms with Gasteiger partial charge in [0.05, 0.1) is 18.0 Å². The molecule has 0 saturated carbocycles. The molecule has 20 heavy (non-hydrogen) atoms. The summed E-state index contributed by atoms with van der Waals surface area (Å²) < 4.78 is 28.6. The fourth-order valence-corrected chi connectivity index (χ4v) is 4.04. The summed E-state index contributed by atoms with van der Waals surface area (Å²) in [7, 11) is -3.45. The van der Waals surface area contributed by atoms with Crippen LogP contribution in [-0.4, -0.2) is 49.4 Å². The molecule has 2 rings (SSSR count). The summed E-state index contributed by atoms with van der Waals surface area (Å²) in [6.07, 6.45) is 0. The van der Waals surface area contributed by atoms with Crippen LogP contribution in [0, 0.1) is 13.8 Å². The van der Waals surface area contributed by atoms with Gasteiger partial charge in [0.1, 0.15) is 0 Å². The number of hydrogen-bond donors (Lipinski definition) is 2. The third-order valence-electron chi connectivity index (χ3n) is 3.57. The van der Waals surface area contributed by atoms with Crippen LogP contribution in [0.15, 0.2) is 23.1 Å². The molecule has 1 fully saturated rings. The van der Waals surface area contributed by atoms with Crippen molar-refractivity contribution in [2.75, 3.05) is 26.2 Å². The van der Waals surface area contributed by atoms with E-state index in [9.17, 15) is 8.42 Å². The number of hydrogen-bond acceptors (Lipinski definition) is 2. The van der Waals surface area contributed by atoms with Crippen LogP contribution in [0.3, 0.4) is 0 Å². The Kier molecular flexibility index (Phi) is 4.01. The second-order valence-electron chi connectivity index (χ2n) is 5.08. The van der Waals surface area contributed by atoms with Crippen molar-refractivity contribution in [1.29, 1.82) is 0 Å². The minimum Gasteiger partial charge on any atom is -0.291 e. The minimum absolute atomic E-state index is 0.244. The summed E-state index contributed by atoms with van der Waals surface area (Å²) in [4.78, 5) is 0.385. The number of sulfonamides is 1. The molecular weight excluding hydrogens is 276 g/mol. The van der Waals surface area contributed by atoms with Crippen LogP contribution in [0.1, 0.15) is 11.1 Å². The molecule has 0 atom stereocenters. The molecule has 0 unspecified atom stereocenters. The van der Waals surface area contributed by atoms with E-state index in [2.05, 4.69) is 0 Å².